The van der Waals surface area contributed by atoms with Gasteiger partial charge in [0.25, 0.3) is 0 Å². The summed E-state index contributed by atoms with van der Waals surface area (Å²) >= 11 is 0. The average Bonchev–Trinajstić information content (AvgIpc) is 3.49. The minimum atomic E-state index is 0.202. The quantitative estimate of drug-likeness (QED) is 0.798. The van der Waals surface area contributed by atoms with Gasteiger partial charge in [0.1, 0.15) is 0 Å². The van der Waals surface area contributed by atoms with E-state index in [2.05, 4.69) is 66.3 Å². The van der Waals surface area contributed by atoms with Gasteiger partial charge >= 0.3 is 0 Å². The Hall–Kier alpha value is -1.95. The molecular weight excluding hydrogens is 396 g/mol. The van der Waals surface area contributed by atoms with Gasteiger partial charge in [-0.15, -0.1) is 0 Å². The van der Waals surface area contributed by atoms with Crippen molar-refractivity contribution in [3.8, 4) is 0 Å². The largest absolute Gasteiger partial charge is 0.372 e. The minimum absolute atomic E-state index is 0.202. The molecule has 1 aromatic carbocycles. The van der Waals surface area contributed by atoms with E-state index in [9.17, 15) is 0 Å². The lowest BCUT2D eigenvalue weighted by Crippen LogP contribution is -2.48. The molecule has 1 aromatic heterocycles. The van der Waals surface area contributed by atoms with Gasteiger partial charge in [-0.25, -0.2) is 0 Å². The van der Waals surface area contributed by atoms with Gasteiger partial charge in [0.15, 0.2) is 0 Å². The Morgan fingerprint density at radius 1 is 1.12 bits per heavy atom. The molecule has 6 rings (SSSR count). The molecule has 5 atom stereocenters. The summed E-state index contributed by atoms with van der Waals surface area (Å²) in [7, 11) is 2.34. The molecule has 5 nitrogen and oxygen atoms in total. The van der Waals surface area contributed by atoms with Gasteiger partial charge in [-0.3, -0.25) is 9.88 Å². The molecule has 2 aromatic rings. The lowest BCUT2D eigenvalue weighted by atomic mass is 9.89. The second kappa shape index (κ2) is 7.82. The van der Waals surface area contributed by atoms with Gasteiger partial charge in [0.2, 0.25) is 0 Å². The summed E-state index contributed by atoms with van der Waals surface area (Å²) in [6.07, 6.45) is 8.54. The standard InChI is InChI=1S/C27H36N4O/c1-18-16-31(17-19(2)32-18)23-10-5-8-21-15-29-27(13-22(21)23)14-25(27)30(3)24-11-4-7-20-9-6-12-28-26(20)24/h5-6,8-10,12,18-19,24-25,29H,4,7,11,13-17H2,1-3H3/t18-,19+,24-,25?,27?/m0/s1. The van der Waals surface area contributed by atoms with Crippen molar-refractivity contribution in [3.63, 3.8) is 0 Å². The van der Waals surface area contributed by atoms with Crippen molar-refractivity contribution in [1.29, 1.82) is 0 Å². The van der Waals surface area contributed by atoms with E-state index in [1.54, 1.807) is 5.56 Å². The number of ether oxygens (including phenoxy) is 1. The van der Waals surface area contributed by atoms with Gasteiger partial charge in [0, 0.05) is 43.1 Å². The summed E-state index contributed by atoms with van der Waals surface area (Å²) in [5.41, 5.74) is 7.43. The molecule has 170 valence electrons. The number of morpholine rings is 1. The average molecular weight is 433 g/mol. The Morgan fingerprint density at radius 2 is 1.94 bits per heavy atom. The third-order valence-electron chi connectivity index (χ3n) is 8.32. The number of nitrogens with zero attached hydrogens (tertiary/aromatic N) is 3. The van der Waals surface area contributed by atoms with Crippen LogP contribution in [0.15, 0.2) is 36.5 Å². The summed E-state index contributed by atoms with van der Waals surface area (Å²) in [6, 6.07) is 12.3. The maximum absolute atomic E-state index is 6.01. The van der Waals surface area contributed by atoms with Gasteiger partial charge in [-0.1, -0.05) is 18.2 Å². The Balaban J connectivity index is 1.25. The number of aryl methyl sites for hydroxylation is 1. The molecule has 2 aliphatic carbocycles. The van der Waals surface area contributed by atoms with E-state index in [0.29, 0.717) is 12.1 Å². The molecule has 0 bridgehead atoms. The third kappa shape index (κ3) is 3.46. The van der Waals surface area contributed by atoms with Crippen LogP contribution < -0.4 is 10.2 Å². The first-order valence-corrected chi connectivity index (χ1v) is 12.5. The van der Waals surface area contributed by atoms with Crippen LogP contribution >= 0.6 is 0 Å². The van der Waals surface area contributed by atoms with Crippen molar-refractivity contribution in [1.82, 2.24) is 15.2 Å². The fourth-order valence-corrected chi connectivity index (χ4v) is 6.71. The van der Waals surface area contributed by atoms with Crippen LogP contribution in [0.5, 0.6) is 0 Å². The number of hydrogen-bond donors (Lipinski definition) is 1. The van der Waals surface area contributed by atoms with E-state index < -0.39 is 0 Å². The molecule has 4 aliphatic rings. The van der Waals surface area contributed by atoms with E-state index in [1.165, 1.54) is 48.2 Å². The summed E-state index contributed by atoms with van der Waals surface area (Å²) in [6.45, 7) is 7.33. The highest BCUT2D eigenvalue weighted by Crippen LogP contribution is 2.50. The number of aromatic nitrogens is 1. The van der Waals surface area contributed by atoms with Crippen molar-refractivity contribution in [2.45, 2.75) is 82.3 Å². The second-order valence-electron chi connectivity index (χ2n) is 10.6. The lowest BCUT2D eigenvalue weighted by molar-refractivity contribution is -0.00528. The number of fused-ring (bicyclic) bond motifs is 2. The minimum Gasteiger partial charge on any atom is -0.372 e. The molecule has 32 heavy (non-hydrogen) atoms. The second-order valence-corrected chi connectivity index (χ2v) is 10.6. The van der Waals surface area contributed by atoms with Crippen molar-refractivity contribution in [3.05, 3.63) is 58.9 Å². The predicted molar refractivity (Wildman–Crippen MR) is 128 cm³/mol. The highest BCUT2D eigenvalue weighted by Gasteiger charge is 2.58. The fourth-order valence-electron chi connectivity index (χ4n) is 6.71. The first-order chi connectivity index (χ1) is 15.5. The Morgan fingerprint density at radius 3 is 2.78 bits per heavy atom. The SMILES string of the molecule is C[C@@H]1CN(c2cccc3c2CC2(CC2N(C)[C@H]2CCCc4cccnc42)NC3)C[C@H](C)O1. The molecular formula is C27H36N4O. The predicted octanol–water partition coefficient (Wildman–Crippen LogP) is 3.86. The number of anilines is 1. The van der Waals surface area contributed by atoms with E-state index in [-0.39, 0.29) is 17.7 Å². The van der Waals surface area contributed by atoms with Crippen LogP contribution in [0.2, 0.25) is 0 Å². The summed E-state index contributed by atoms with van der Waals surface area (Å²) in [4.78, 5) is 10.0. The molecule has 1 saturated carbocycles. The summed E-state index contributed by atoms with van der Waals surface area (Å²) < 4.78 is 6.01. The molecule has 1 N–H and O–H groups in total. The number of pyridine rings is 1. The fraction of sp³-hybridized carbons (Fsp3) is 0.593. The van der Waals surface area contributed by atoms with E-state index in [1.807, 2.05) is 6.20 Å². The van der Waals surface area contributed by atoms with Crippen LogP contribution in [0.1, 0.15) is 61.5 Å². The Bertz CT molecular complexity index is 999. The Labute approximate surface area is 192 Å². The van der Waals surface area contributed by atoms with Crippen LogP contribution in [0, 0.1) is 0 Å². The van der Waals surface area contributed by atoms with Crippen molar-refractivity contribution >= 4 is 5.69 Å². The smallest absolute Gasteiger partial charge is 0.0726 e. The van der Waals surface area contributed by atoms with E-state index in [4.69, 9.17) is 9.72 Å². The number of benzene rings is 1. The molecule has 1 saturated heterocycles. The summed E-state index contributed by atoms with van der Waals surface area (Å²) in [5, 5.41) is 3.96. The number of likely N-dealkylation sites (N-methyl/N-ethyl adjacent to an activating group) is 1. The third-order valence-corrected chi connectivity index (χ3v) is 8.32. The monoisotopic (exact) mass is 432 g/mol. The molecule has 1 spiro atoms. The van der Waals surface area contributed by atoms with Gasteiger partial charge in [-0.05, 0) is 81.8 Å². The topological polar surface area (TPSA) is 40.6 Å². The van der Waals surface area contributed by atoms with Gasteiger partial charge in [-0.2, -0.15) is 0 Å². The highest BCUT2D eigenvalue weighted by molar-refractivity contribution is 5.59. The first-order valence-electron chi connectivity index (χ1n) is 12.5. The zero-order valence-corrected chi connectivity index (χ0v) is 19.7. The van der Waals surface area contributed by atoms with Crippen LogP contribution in [-0.4, -0.2) is 53.8 Å². The van der Waals surface area contributed by atoms with Gasteiger partial charge in [0.05, 0.1) is 23.9 Å². The van der Waals surface area contributed by atoms with E-state index >= 15 is 0 Å². The van der Waals surface area contributed by atoms with E-state index in [0.717, 1.165) is 26.1 Å². The molecule has 5 heteroatoms. The molecule has 0 radical (unpaired) electrons. The molecule has 2 fully saturated rings. The van der Waals surface area contributed by atoms with Crippen LogP contribution in [0.25, 0.3) is 0 Å². The number of hydrogen-bond acceptors (Lipinski definition) is 5. The number of nitrogens with one attached hydrogen (secondary N) is 1. The van der Waals surface area contributed by atoms with Crippen molar-refractivity contribution in [2.24, 2.45) is 0 Å². The Kier molecular flexibility index (Phi) is 5.05. The van der Waals surface area contributed by atoms with Gasteiger partial charge < -0.3 is 15.0 Å². The van der Waals surface area contributed by atoms with Crippen LogP contribution in [0.3, 0.4) is 0 Å². The zero-order chi connectivity index (χ0) is 21.9. The molecule has 2 aliphatic heterocycles. The first kappa shape index (κ1) is 20.6. The normalized spacial score (nSPS) is 33.8. The summed E-state index contributed by atoms with van der Waals surface area (Å²) in [5.74, 6) is 0. The maximum Gasteiger partial charge on any atom is 0.0726 e. The lowest BCUT2D eigenvalue weighted by Gasteiger charge is -2.40. The van der Waals surface area contributed by atoms with Crippen molar-refractivity contribution < 1.29 is 4.74 Å². The molecule has 2 unspecified atom stereocenters. The van der Waals surface area contributed by atoms with Crippen molar-refractivity contribution in [2.75, 3.05) is 25.0 Å². The van der Waals surface area contributed by atoms with Crippen LogP contribution in [-0.2, 0) is 24.1 Å². The maximum atomic E-state index is 6.01. The molecule has 3 heterocycles. The number of rotatable bonds is 3. The highest BCUT2D eigenvalue weighted by atomic mass is 16.5. The molecule has 0 amide bonds. The van der Waals surface area contributed by atoms with Crippen LogP contribution in [0.4, 0.5) is 5.69 Å². The zero-order valence-electron chi connectivity index (χ0n) is 19.7.